The molecule has 0 aromatic heterocycles. The molecule has 0 fully saturated rings. The summed E-state index contributed by atoms with van der Waals surface area (Å²) < 4.78 is 21.5. The van der Waals surface area contributed by atoms with Gasteiger partial charge in [-0.05, 0) is 92.1 Å². The first-order chi connectivity index (χ1) is 18.0. The Morgan fingerprint density at radius 2 is 1.22 bits per heavy atom. The summed E-state index contributed by atoms with van der Waals surface area (Å²) >= 11 is 0. The van der Waals surface area contributed by atoms with E-state index in [4.69, 9.17) is 18.9 Å². The Labute approximate surface area is 222 Å². The Kier molecular flexibility index (Phi) is 10.8. The van der Waals surface area contributed by atoms with Crippen molar-refractivity contribution in [2.45, 2.75) is 45.1 Å². The van der Waals surface area contributed by atoms with E-state index in [2.05, 4.69) is 54.8 Å². The van der Waals surface area contributed by atoms with E-state index in [-0.39, 0.29) is 0 Å². The Bertz CT molecular complexity index is 1110. The summed E-state index contributed by atoms with van der Waals surface area (Å²) in [6.07, 6.45) is 4.80. The molecular formula is C32H41NO4. The van der Waals surface area contributed by atoms with Crippen LogP contribution in [0.5, 0.6) is 23.0 Å². The van der Waals surface area contributed by atoms with Crippen LogP contribution >= 0.6 is 0 Å². The summed E-state index contributed by atoms with van der Waals surface area (Å²) in [5.41, 5.74) is 4.98. The fraction of sp³-hybridized carbons (Fsp3) is 0.375. The maximum absolute atomic E-state index is 5.51. The maximum Gasteiger partial charge on any atom is 0.160 e. The number of methoxy groups -OCH3 is 4. The summed E-state index contributed by atoms with van der Waals surface area (Å²) in [5.74, 6) is 3.28. The highest BCUT2D eigenvalue weighted by molar-refractivity contribution is 5.43. The van der Waals surface area contributed by atoms with Crippen LogP contribution < -0.4 is 18.9 Å². The molecule has 0 spiro atoms. The minimum Gasteiger partial charge on any atom is -0.497 e. The standard InChI is InChI=1S/C32H41NO4/c1-24(7-9-26-11-16-29(34-3)17-12-26)33(22-21-28-15-20-31(36-5)32(23-28)37-6)25(2)8-10-27-13-18-30(35-4)19-14-27/h11-20,23,25H,1,7-10,21-22H2,2-6H3. The molecule has 0 radical (unpaired) electrons. The molecule has 3 aromatic rings. The first kappa shape index (κ1) is 28.0. The lowest BCUT2D eigenvalue weighted by Gasteiger charge is -2.33. The van der Waals surface area contributed by atoms with Gasteiger partial charge in [-0.2, -0.15) is 0 Å². The lowest BCUT2D eigenvalue weighted by Crippen LogP contribution is -2.34. The van der Waals surface area contributed by atoms with E-state index in [0.717, 1.165) is 61.6 Å². The molecule has 5 nitrogen and oxygen atoms in total. The highest BCUT2D eigenvalue weighted by Crippen LogP contribution is 2.28. The zero-order valence-electron chi connectivity index (χ0n) is 23.0. The molecule has 0 heterocycles. The van der Waals surface area contributed by atoms with Crippen LogP contribution in [0.3, 0.4) is 0 Å². The molecule has 0 aliphatic heterocycles. The zero-order chi connectivity index (χ0) is 26.6. The van der Waals surface area contributed by atoms with Gasteiger partial charge >= 0.3 is 0 Å². The maximum atomic E-state index is 5.51. The minimum atomic E-state index is 0.352. The Hall–Kier alpha value is -3.60. The second-order valence-corrected chi connectivity index (χ2v) is 9.28. The summed E-state index contributed by atoms with van der Waals surface area (Å²) in [7, 11) is 6.73. The lowest BCUT2D eigenvalue weighted by atomic mass is 10.0. The van der Waals surface area contributed by atoms with Crippen LogP contribution in [0.1, 0.15) is 36.5 Å². The van der Waals surface area contributed by atoms with Crippen LogP contribution in [0.2, 0.25) is 0 Å². The molecule has 0 bridgehead atoms. The van der Waals surface area contributed by atoms with E-state index in [9.17, 15) is 0 Å². The van der Waals surface area contributed by atoms with Crippen LogP contribution in [-0.4, -0.2) is 45.9 Å². The van der Waals surface area contributed by atoms with Crippen molar-refractivity contribution in [3.8, 4) is 23.0 Å². The fourth-order valence-corrected chi connectivity index (χ4v) is 4.52. The molecule has 1 atom stereocenters. The van der Waals surface area contributed by atoms with Gasteiger partial charge < -0.3 is 23.8 Å². The average molecular weight is 504 g/mol. The predicted octanol–water partition coefficient (Wildman–Crippen LogP) is 6.73. The molecule has 0 N–H and O–H groups in total. The molecule has 0 aliphatic rings. The number of allylic oxidation sites excluding steroid dienone is 1. The third-order valence-electron chi connectivity index (χ3n) is 6.90. The number of rotatable bonds is 15. The van der Waals surface area contributed by atoms with Gasteiger partial charge in [0.25, 0.3) is 0 Å². The number of hydrogen-bond acceptors (Lipinski definition) is 5. The van der Waals surface area contributed by atoms with E-state index in [1.165, 1.54) is 22.4 Å². The van der Waals surface area contributed by atoms with Gasteiger partial charge in [0.05, 0.1) is 28.4 Å². The van der Waals surface area contributed by atoms with Crippen molar-refractivity contribution in [3.63, 3.8) is 0 Å². The molecule has 3 rings (SSSR count). The molecular weight excluding hydrogens is 462 g/mol. The highest BCUT2D eigenvalue weighted by atomic mass is 16.5. The summed E-state index contributed by atoms with van der Waals surface area (Å²) in [5, 5.41) is 0. The smallest absolute Gasteiger partial charge is 0.160 e. The SMILES string of the molecule is C=C(CCc1ccc(OC)cc1)N(CCc1ccc(OC)c(OC)c1)C(C)CCc1ccc(OC)cc1. The van der Waals surface area contributed by atoms with Gasteiger partial charge in [0.15, 0.2) is 11.5 Å². The highest BCUT2D eigenvalue weighted by Gasteiger charge is 2.17. The second-order valence-electron chi connectivity index (χ2n) is 9.28. The number of ether oxygens (including phenoxy) is 4. The number of benzene rings is 3. The van der Waals surface area contributed by atoms with Crippen molar-refractivity contribution in [1.82, 2.24) is 4.90 Å². The van der Waals surface area contributed by atoms with Gasteiger partial charge in [0.2, 0.25) is 0 Å². The first-order valence-corrected chi connectivity index (χ1v) is 12.9. The molecule has 3 aromatic carbocycles. The van der Waals surface area contributed by atoms with Crippen molar-refractivity contribution in [3.05, 3.63) is 95.7 Å². The van der Waals surface area contributed by atoms with Crippen LogP contribution in [0, 0.1) is 0 Å². The number of aryl methyl sites for hydroxylation is 2. The van der Waals surface area contributed by atoms with Gasteiger partial charge in [0, 0.05) is 18.3 Å². The quantitative estimate of drug-likeness (QED) is 0.230. The summed E-state index contributed by atoms with van der Waals surface area (Å²) in [6.45, 7) is 7.71. The molecule has 0 saturated carbocycles. The number of hydrogen-bond donors (Lipinski definition) is 0. The van der Waals surface area contributed by atoms with E-state index < -0.39 is 0 Å². The van der Waals surface area contributed by atoms with Gasteiger partial charge in [-0.3, -0.25) is 0 Å². The van der Waals surface area contributed by atoms with E-state index >= 15 is 0 Å². The third-order valence-corrected chi connectivity index (χ3v) is 6.90. The van der Waals surface area contributed by atoms with Gasteiger partial charge in [-0.1, -0.05) is 36.9 Å². The zero-order valence-corrected chi connectivity index (χ0v) is 23.0. The summed E-state index contributed by atoms with van der Waals surface area (Å²) in [6, 6.07) is 23.2. The van der Waals surface area contributed by atoms with Gasteiger partial charge in [-0.25, -0.2) is 0 Å². The van der Waals surface area contributed by atoms with Crippen molar-refractivity contribution in [2.24, 2.45) is 0 Å². The Morgan fingerprint density at radius 1 is 0.676 bits per heavy atom. The monoisotopic (exact) mass is 503 g/mol. The second kappa shape index (κ2) is 14.2. The van der Waals surface area contributed by atoms with Crippen LogP contribution in [0.25, 0.3) is 0 Å². The minimum absolute atomic E-state index is 0.352. The van der Waals surface area contributed by atoms with Crippen molar-refractivity contribution < 1.29 is 18.9 Å². The molecule has 5 heteroatoms. The largest absolute Gasteiger partial charge is 0.497 e. The fourth-order valence-electron chi connectivity index (χ4n) is 4.52. The molecule has 0 amide bonds. The molecule has 37 heavy (non-hydrogen) atoms. The third kappa shape index (κ3) is 8.21. The number of nitrogens with zero attached hydrogens (tertiary/aromatic N) is 1. The molecule has 0 saturated heterocycles. The normalized spacial score (nSPS) is 11.5. The lowest BCUT2D eigenvalue weighted by molar-refractivity contribution is 0.251. The van der Waals surface area contributed by atoms with E-state index in [1.807, 2.05) is 30.3 Å². The van der Waals surface area contributed by atoms with Crippen LogP contribution in [-0.2, 0) is 19.3 Å². The Balaban J connectivity index is 1.68. The van der Waals surface area contributed by atoms with E-state index in [1.54, 1.807) is 28.4 Å². The van der Waals surface area contributed by atoms with Gasteiger partial charge in [0.1, 0.15) is 11.5 Å². The predicted molar refractivity (Wildman–Crippen MR) is 151 cm³/mol. The summed E-state index contributed by atoms with van der Waals surface area (Å²) in [4.78, 5) is 2.48. The topological polar surface area (TPSA) is 40.2 Å². The van der Waals surface area contributed by atoms with Crippen LogP contribution in [0.4, 0.5) is 0 Å². The van der Waals surface area contributed by atoms with Crippen molar-refractivity contribution >= 4 is 0 Å². The van der Waals surface area contributed by atoms with Crippen LogP contribution in [0.15, 0.2) is 79.0 Å². The van der Waals surface area contributed by atoms with E-state index in [0.29, 0.717) is 6.04 Å². The van der Waals surface area contributed by atoms with Crippen molar-refractivity contribution in [1.29, 1.82) is 0 Å². The Morgan fingerprint density at radius 3 is 1.76 bits per heavy atom. The van der Waals surface area contributed by atoms with Crippen molar-refractivity contribution in [2.75, 3.05) is 35.0 Å². The first-order valence-electron chi connectivity index (χ1n) is 12.9. The molecule has 198 valence electrons. The van der Waals surface area contributed by atoms with Gasteiger partial charge in [-0.15, -0.1) is 0 Å². The molecule has 1 unspecified atom stereocenters. The average Bonchev–Trinajstić information content (AvgIpc) is 2.95. The molecule has 0 aliphatic carbocycles.